The van der Waals surface area contributed by atoms with Crippen LogP contribution in [0.2, 0.25) is 0 Å². The van der Waals surface area contributed by atoms with Crippen molar-refractivity contribution in [2.45, 2.75) is 11.8 Å². The van der Waals surface area contributed by atoms with Crippen molar-refractivity contribution in [1.29, 1.82) is 5.26 Å². The molecular formula is C16H16N2O3S. The highest BCUT2D eigenvalue weighted by Gasteiger charge is 2.26. The Balaban J connectivity index is 2.58. The summed E-state index contributed by atoms with van der Waals surface area (Å²) in [6.45, 7) is 1.32. The number of sulfonamides is 1. The molecule has 2 aromatic rings. The zero-order valence-corrected chi connectivity index (χ0v) is 12.9. The van der Waals surface area contributed by atoms with Crippen molar-refractivity contribution in [3.8, 4) is 6.07 Å². The topological polar surface area (TPSA) is 81.4 Å². The Labute approximate surface area is 130 Å². The van der Waals surface area contributed by atoms with E-state index in [9.17, 15) is 13.5 Å². The Bertz CT molecular complexity index is 796. The minimum absolute atomic E-state index is 0.0530. The van der Waals surface area contributed by atoms with Gasteiger partial charge in [0.15, 0.2) is 0 Å². The Hall–Kier alpha value is -2.36. The third kappa shape index (κ3) is 3.11. The maximum absolute atomic E-state index is 12.9. The molecule has 1 N–H and O–H groups in total. The number of hydrogen-bond acceptors (Lipinski definition) is 4. The minimum Gasteiger partial charge on any atom is -0.394 e. The molecule has 0 fully saturated rings. The summed E-state index contributed by atoms with van der Waals surface area (Å²) in [6.07, 6.45) is 0. The van der Waals surface area contributed by atoms with Crippen LogP contribution in [0.5, 0.6) is 0 Å². The summed E-state index contributed by atoms with van der Waals surface area (Å²) in [6, 6.07) is 15.1. The molecule has 0 aromatic heterocycles. The smallest absolute Gasteiger partial charge is 0.264 e. The monoisotopic (exact) mass is 316 g/mol. The average Bonchev–Trinajstić information content (AvgIpc) is 2.53. The molecule has 0 aliphatic carbocycles. The van der Waals surface area contributed by atoms with Gasteiger partial charge in [-0.05, 0) is 36.8 Å². The maximum atomic E-state index is 12.9. The predicted octanol–water partition coefficient (Wildman–Crippen LogP) is 2.05. The highest BCUT2D eigenvalue weighted by atomic mass is 32.2. The van der Waals surface area contributed by atoms with Crippen LogP contribution >= 0.6 is 0 Å². The van der Waals surface area contributed by atoms with Gasteiger partial charge in [-0.3, -0.25) is 4.31 Å². The van der Waals surface area contributed by atoms with Gasteiger partial charge in [0.2, 0.25) is 0 Å². The van der Waals surface area contributed by atoms with E-state index in [2.05, 4.69) is 0 Å². The molecular weight excluding hydrogens is 300 g/mol. The minimum atomic E-state index is -3.86. The molecule has 6 heteroatoms. The Morgan fingerprint density at radius 2 is 1.86 bits per heavy atom. The molecule has 0 atom stereocenters. The number of nitrogens with zero attached hydrogens (tertiary/aromatic N) is 2. The lowest BCUT2D eigenvalue weighted by Gasteiger charge is -2.24. The van der Waals surface area contributed by atoms with Gasteiger partial charge >= 0.3 is 0 Å². The largest absolute Gasteiger partial charge is 0.394 e. The molecule has 114 valence electrons. The molecule has 0 heterocycles. The lowest BCUT2D eigenvalue weighted by atomic mass is 10.2. The van der Waals surface area contributed by atoms with Gasteiger partial charge in [0.25, 0.3) is 10.0 Å². The fraction of sp³-hybridized carbons (Fsp3) is 0.188. The molecule has 0 amide bonds. The predicted molar refractivity (Wildman–Crippen MR) is 84.0 cm³/mol. The first kappa shape index (κ1) is 16.0. The van der Waals surface area contributed by atoms with Crippen LogP contribution in [-0.2, 0) is 10.0 Å². The van der Waals surface area contributed by atoms with Crippen LogP contribution in [0.4, 0.5) is 5.69 Å². The molecule has 0 saturated carbocycles. The van der Waals surface area contributed by atoms with E-state index in [0.717, 1.165) is 4.31 Å². The number of anilines is 1. The molecule has 0 aliphatic rings. The van der Waals surface area contributed by atoms with E-state index in [1.54, 1.807) is 49.4 Å². The molecule has 5 nitrogen and oxygen atoms in total. The van der Waals surface area contributed by atoms with Gasteiger partial charge in [-0.1, -0.05) is 24.3 Å². The summed E-state index contributed by atoms with van der Waals surface area (Å²) in [5, 5.41) is 18.2. The third-order valence-corrected chi connectivity index (χ3v) is 5.20. The molecule has 0 saturated heterocycles. The van der Waals surface area contributed by atoms with E-state index < -0.39 is 10.0 Å². The number of rotatable bonds is 5. The van der Waals surface area contributed by atoms with Crippen LogP contribution in [0.15, 0.2) is 53.4 Å². The van der Waals surface area contributed by atoms with Gasteiger partial charge in [0.1, 0.15) is 0 Å². The van der Waals surface area contributed by atoms with Crippen molar-refractivity contribution < 1.29 is 13.5 Å². The van der Waals surface area contributed by atoms with E-state index in [0.29, 0.717) is 11.3 Å². The highest BCUT2D eigenvalue weighted by Crippen LogP contribution is 2.26. The van der Waals surface area contributed by atoms with Crippen molar-refractivity contribution in [3.63, 3.8) is 0 Å². The molecule has 0 bridgehead atoms. The van der Waals surface area contributed by atoms with Crippen molar-refractivity contribution >= 4 is 15.7 Å². The normalized spacial score (nSPS) is 11.0. The van der Waals surface area contributed by atoms with E-state index in [4.69, 9.17) is 5.26 Å². The molecule has 0 unspecified atom stereocenters. The van der Waals surface area contributed by atoms with Gasteiger partial charge in [-0.2, -0.15) is 5.26 Å². The van der Waals surface area contributed by atoms with Crippen molar-refractivity contribution in [3.05, 3.63) is 59.7 Å². The summed E-state index contributed by atoms with van der Waals surface area (Å²) in [4.78, 5) is 0.0730. The van der Waals surface area contributed by atoms with Crippen LogP contribution in [0.3, 0.4) is 0 Å². The summed E-state index contributed by atoms with van der Waals surface area (Å²) >= 11 is 0. The van der Waals surface area contributed by atoms with Crippen LogP contribution in [0, 0.1) is 18.3 Å². The second-order valence-corrected chi connectivity index (χ2v) is 6.56. The first-order valence-corrected chi connectivity index (χ1v) is 8.14. The van der Waals surface area contributed by atoms with Gasteiger partial charge in [0, 0.05) is 0 Å². The molecule has 0 radical (unpaired) electrons. The van der Waals surface area contributed by atoms with Crippen LogP contribution in [0.25, 0.3) is 0 Å². The number of hydrogen-bond donors (Lipinski definition) is 1. The quantitative estimate of drug-likeness (QED) is 0.915. The summed E-state index contributed by atoms with van der Waals surface area (Å²) < 4.78 is 27.0. The molecule has 0 spiro atoms. The second-order valence-electron chi connectivity index (χ2n) is 4.73. The van der Waals surface area contributed by atoms with Crippen LogP contribution in [-0.4, -0.2) is 26.7 Å². The fourth-order valence-corrected chi connectivity index (χ4v) is 3.85. The van der Waals surface area contributed by atoms with E-state index in [1.807, 2.05) is 6.07 Å². The third-order valence-electron chi connectivity index (χ3n) is 3.23. The van der Waals surface area contributed by atoms with Gasteiger partial charge < -0.3 is 5.11 Å². The number of aliphatic hydroxyl groups excluding tert-OH is 1. The van der Waals surface area contributed by atoms with Crippen molar-refractivity contribution in [2.24, 2.45) is 0 Å². The highest BCUT2D eigenvalue weighted by molar-refractivity contribution is 7.92. The van der Waals surface area contributed by atoms with Crippen LogP contribution in [0.1, 0.15) is 11.1 Å². The molecule has 2 rings (SSSR count). The van der Waals surface area contributed by atoms with Crippen LogP contribution < -0.4 is 4.31 Å². The molecule has 0 aliphatic heterocycles. The van der Waals surface area contributed by atoms with E-state index >= 15 is 0 Å². The lowest BCUT2D eigenvalue weighted by molar-refractivity contribution is 0.306. The van der Waals surface area contributed by atoms with Gasteiger partial charge in [-0.25, -0.2) is 8.42 Å². The molecule has 22 heavy (non-hydrogen) atoms. The number of aliphatic hydroxyl groups is 1. The maximum Gasteiger partial charge on any atom is 0.264 e. The zero-order chi connectivity index (χ0) is 16.2. The number of nitriles is 1. The second kappa shape index (κ2) is 6.60. The van der Waals surface area contributed by atoms with E-state index in [-0.39, 0.29) is 23.6 Å². The van der Waals surface area contributed by atoms with E-state index in [1.165, 1.54) is 6.07 Å². The summed E-state index contributed by atoms with van der Waals surface area (Å²) in [7, 11) is -3.86. The first-order chi connectivity index (χ1) is 10.5. The number of para-hydroxylation sites is 1. The standard InChI is InChI=1S/C16H16N2O3S/c1-13-7-8-14(12-17)11-16(13)22(20,21)18(9-10-19)15-5-3-2-4-6-15/h2-8,11,19H,9-10H2,1H3. The average molecular weight is 316 g/mol. The zero-order valence-electron chi connectivity index (χ0n) is 12.1. The number of benzene rings is 2. The van der Waals surface area contributed by atoms with Crippen molar-refractivity contribution in [1.82, 2.24) is 0 Å². The Morgan fingerprint density at radius 3 is 2.45 bits per heavy atom. The number of aryl methyl sites for hydroxylation is 1. The van der Waals surface area contributed by atoms with Gasteiger partial charge in [0.05, 0.1) is 35.4 Å². The fourth-order valence-electron chi connectivity index (χ4n) is 2.14. The van der Waals surface area contributed by atoms with Crippen molar-refractivity contribution in [2.75, 3.05) is 17.5 Å². The summed E-state index contributed by atoms with van der Waals surface area (Å²) in [5.41, 5.74) is 1.30. The Morgan fingerprint density at radius 1 is 1.18 bits per heavy atom. The summed E-state index contributed by atoms with van der Waals surface area (Å²) in [5.74, 6) is 0. The Kier molecular flexibility index (Phi) is 4.81. The first-order valence-electron chi connectivity index (χ1n) is 6.70. The molecule has 2 aromatic carbocycles. The SMILES string of the molecule is Cc1ccc(C#N)cc1S(=O)(=O)N(CCO)c1ccccc1. The van der Waals surface area contributed by atoms with Gasteiger partial charge in [-0.15, -0.1) is 0 Å². The lowest BCUT2D eigenvalue weighted by Crippen LogP contribution is -2.34.